The number of carbonyl (C=O) groups excluding carboxylic acids is 1. The maximum atomic E-state index is 12.7. The summed E-state index contributed by atoms with van der Waals surface area (Å²) in [4.78, 5) is 24.6. The summed E-state index contributed by atoms with van der Waals surface area (Å²) in [5.41, 5.74) is 7.24. The van der Waals surface area contributed by atoms with Crippen molar-refractivity contribution in [3.05, 3.63) is 82.4 Å². The van der Waals surface area contributed by atoms with Crippen LogP contribution in [0.15, 0.2) is 60.0 Å². The number of pyridine rings is 1. The van der Waals surface area contributed by atoms with E-state index in [1.165, 1.54) is 17.6 Å². The molecule has 0 bridgehead atoms. The lowest BCUT2D eigenvalue weighted by Crippen LogP contribution is -2.15. The molecule has 2 heterocycles. The minimum absolute atomic E-state index is 0.0743. The van der Waals surface area contributed by atoms with Crippen LogP contribution in [0, 0.1) is 20.8 Å². The van der Waals surface area contributed by atoms with Gasteiger partial charge in [0.2, 0.25) is 5.91 Å². The van der Waals surface area contributed by atoms with Gasteiger partial charge in [-0.05, 0) is 67.7 Å². The summed E-state index contributed by atoms with van der Waals surface area (Å²) in [6, 6.07) is 11.8. The van der Waals surface area contributed by atoms with Gasteiger partial charge in [0, 0.05) is 46.8 Å². The number of benzene rings is 2. The van der Waals surface area contributed by atoms with Gasteiger partial charge in [-0.1, -0.05) is 24.8 Å². The number of nitrogens with zero attached hydrogens (tertiary/aromatic N) is 2. The van der Waals surface area contributed by atoms with Crippen molar-refractivity contribution < 1.29 is 4.79 Å². The molecule has 2 aromatic carbocycles. The summed E-state index contributed by atoms with van der Waals surface area (Å²) in [5.74, 6) is -0.287. The third-order valence-corrected chi connectivity index (χ3v) is 6.40. The van der Waals surface area contributed by atoms with Gasteiger partial charge in [-0.15, -0.1) is 0 Å². The zero-order valence-corrected chi connectivity index (χ0v) is 19.3. The van der Waals surface area contributed by atoms with Gasteiger partial charge >= 0.3 is 0 Å². The smallest absolute Gasteiger partial charge is 0.269 e. The fraction of sp³-hybridized carbons (Fsp3) is 0.160. The van der Waals surface area contributed by atoms with Crippen LogP contribution in [0.5, 0.6) is 0 Å². The predicted molar refractivity (Wildman–Crippen MR) is 133 cm³/mol. The van der Waals surface area contributed by atoms with Crippen LogP contribution in [0.1, 0.15) is 16.8 Å². The highest BCUT2D eigenvalue weighted by atomic mass is 32.1. The van der Waals surface area contributed by atoms with Crippen LogP contribution in [-0.2, 0) is 11.8 Å². The Morgan fingerprint density at radius 2 is 1.84 bits per heavy atom. The fourth-order valence-corrected chi connectivity index (χ4v) is 4.70. The molecule has 2 N–H and O–H groups in total. The number of hydrogen-bond donors (Lipinski definition) is 2. The van der Waals surface area contributed by atoms with Crippen LogP contribution < -0.4 is 16.2 Å². The molecule has 162 valence electrons. The quantitative estimate of drug-likeness (QED) is 0.401. The van der Waals surface area contributed by atoms with Gasteiger partial charge in [-0.3, -0.25) is 9.59 Å². The van der Waals surface area contributed by atoms with Crippen LogP contribution in [0.4, 0.5) is 17.1 Å². The Labute approximate surface area is 190 Å². The number of aryl methyl sites for hydroxylation is 4. The molecule has 4 rings (SSSR count). The molecule has 0 saturated heterocycles. The normalized spacial score (nSPS) is 10.9. The largest absolute Gasteiger partial charge is 0.355 e. The van der Waals surface area contributed by atoms with E-state index in [1.807, 2.05) is 37.4 Å². The van der Waals surface area contributed by atoms with E-state index in [9.17, 15) is 9.59 Å². The van der Waals surface area contributed by atoms with E-state index in [4.69, 9.17) is 0 Å². The lowest BCUT2D eigenvalue weighted by Gasteiger charge is -2.18. The molecule has 0 aliphatic carbocycles. The molecule has 0 unspecified atom stereocenters. The molecule has 0 fully saturated rings. The number of fused-ring (bicyclic) bond motifs is 1. The van der Waals surface area contributed by atoms with Crippen molar-refractivity contribution in [1.82, 2.24) is 8.94 Å². The predicted octanol–water partition coefficient (Wildman–Crippen LogP) is 5.46. The van der Waals surface area contributed by atoms with Crippen molar-refractivity contribution in [3.8, 4) is 11.1 Å². The third kappa shape index (κ3) is 3.83. The van der Waals surface area contributed by atoms with Crippen LogP contribution in [0.3, 0.4) is 0 Å². The number of nitrogens with one attached hydrogen (secondary N) is 2. The first-order valence-electron chi connectivity index (χ1n) is 10.2. The van der Waals surface area contributed by atoms with Crippen molar-refractivity contribution in [2.24, 2.45) is 7.05 Å². The van der Waals surface area contributed by atoms with Crippen LogP contribution in [0.2, 0.25) is 0 Å². The Bertz CT molecular complexity index is 1410. The van der Waals surface area contributed by atoms with Crippen molar-refractivity contribution >= 4 is 44.6 Å². The Balaban J connectivity index is 1.98. The summed E-state index contributed by atoms with van der Waals surface area (Å²) in [6.07, 6.45) is 3.07. The number of carbonyl (C=O) groups is 1. The van der Waals surface area contributed by atoms with E-state index >= 15 is 0 Å². The second kappa shape index (κ2) is 8.43. The van der Waals surface area contributed by atoms with Gasteiger partial charge in [-0.2, -0.15) is 4.37 Å². The number of para-hydroxylation sites is 1. The topological polar surface area (TPSA) is 76.0 Å². The first kappa shape index (κ1) is 21.5. The van der Waals surface area contributed by atoms with Gasteiger partial charge in [0.05, 0.1) is 5.69 Å². The van der Waals surface area contributed by atoms with Gasteiger partial charge in [0.25, 0.3) is 5.56 Å². The molecule has 0 atom stereocenters. The highest BCUT2D eigenvalue weighted by Crippen LogP contribution is 2.39. The average Bonchev–Trinajstić information content (AvgIpc) is 3.16. The fourth-order valence-electron chi connectivity index (χ4n) is 3.81. The molecular formula is C25H24N4O2S. The Kier molecular flexibility index (Phi) is 5.67. The van der Waals surface area contributed by atoms with Crippen LogP contribution in [0.25, 0.3) is 21.2 Å². The zero-order valence-electron chi connectivity index (χ0n) is 18.4. The number of anilines is 3. The monoisotopic (exact) mass is 444 g/mol. The minimum Gasteiger partial charge on any atom is -0.355 e. The van der Waals surface area contributed by atoms with Gasteiger partial charge in [-0.25, -0.2) is 0 Å². The van der Waals surface area contributed by atoms with Crippen LogP contribution >= 0.6 is 11.5 Å². The lowest BCUT2D eigenvalue weighted by atomic mass is 9.99. The van der Waals surface area contributed by atoms with Gasteiger partial charge in [0.15, 0.2) is 0 Å². The minimum atomic E-state index is -0.287. The summed E-state index contributed by atoms with van der Waals surface area (Å²) in [7, 11) is 1.74. The standard InChI is InChI=1S/C25H24N4O2S/c1-6-21(30)26-17-10-11-20(27-23-14(2)8-7-9-15(23)3)18(12-17)19-13-29(5)25(31)24-22(19)16(4)28-32-24/h6-13,27H,1H2,2-5H3,(H,26,30). The van der Waals surface area contributed by atoms with Crippen LogP contribution in [-0.4, -0.2) is 14.8 Å². The molecule has 1 amide bonds. The van der Waals surface area contributed by atoms with E-state index in [2.05, 4.69) is 47.6 Å². The molecule has 7 heteroatoms. The molecule has 0 saturated carbocycles. The van der Waals surface area contributed by atoms with E-state index in [-0.39, 0.29) is 11.5 Å². The average molecular weight is 445 g/mol. The van der Waals surface area contributed by atoms with Gasteiger partial charge < -0.3 is 15.2 Å². The van der Waals surface area contributed by atoms with E-state index in [0.717, 1.165) is 44.7 Å². The van der Waals surface area contributed by atoms with E-state index in [1.54, 1.807) is 11.6 Å². The first-order valence-corrected chi connectivity index (χ1v) is 10.9. The summed E-state index contributed by atoms with van der Waals surface area (Å²) >= 11 is 1.21. The van der Waals surface area contributed by atoms with E-state index < -0.39 is 0 Å². The van der Waals surface area contributed by atoms with Crippen molar-refractivity contribution in [3.63, 3.8) is 0 Å². The molecule has 32 heavy (non-hydrogen) atoms. The van der Waals surface area contributed by atoms with Crippen molar-refractivity contribution in [2.45, 2.75) is 20.8 Å². The molecular weight excluding hydrogens is 420 g/mol. The van der Waals surface area contributed by atoms with Gasteiger partial charge in [0.1, 0.15) is 4.70 Å². The Morgan fingerprint density at radius 3 is 2.53 bits per heavy atom. The maximum Gasteiger partial charge on any atom is 0.269 e. The number of rotatable bonds is 5. The summed E-state index contributed by atoms with van der Waals surface area (Å²) in [6.45, 7) is 9.56. The highest BCUT2D eigenvalue weighted by molar-refractivity contribution is 7.13. The zero-order chi connectivity index (χ0) is 23.0. The summed E-state index contributed by atoms with van der Waals surface area (Å²) < 4.78 is 6.62. The number of hydrogen-bond acceptors (Lipinski definition) is 5. The Hall–Kier alpha value is -3.71. The number of amides is 1. The molecule has 6 nitrogen and oxygen atoms in total. The molecule has 4 aromatic rings. The maximum absolute atomic E-state index is 12.7. The first-order chi connectivity index (χ1) is 15.3. The second-order valence-electron chi connectivity index (χ2n) is 7.78. The van der Waals surface area contributed by atoms with Crippen molar-refractivity contribution in [2.75, 3.05) is 10.6 Å². The van der Waals surface area contributed by atoms with Crippen molar-refractivity contribution in [1.29, 1.82) is 0 Å². The SMILES string of the molecule is C=CC(=O)Nc1ccc(Nc2c(C)cccc2C)c(-c2cn(C)c(=O)c3snc(C)c23)c1. The molecule has 0 radical (unpaired) electrons. The second-order valence-corrected chi connectivity index (χ2v) is 8.55. The summed E-state index contributed by atoms with van der Waals surface area (Å²) in [5, 5.41) is 7.24. The molecule has 2 aromatic heterocycles. The molecule has 0 spiro atoms. The Morgan fingerprint density at radius 1 is 1.12 bits per heavy atom. The third-order valence-electron chi connectivity index (χ3n) is 5.47. The lowest BCUT2D eigenvalue weighted by molar-refractivity contribution is -0.111. The molecule has 0 aliphatic rings. The highest BCUT2D eigenvalue weighted by Gasteiger charge is 2.18. The molecule has 0 aliphatic heterocycles. The number of aromatic nitrogens is 2. The van der Waals surface area contributed by atoms with E-state index in [0.29, 0.717) is 10.4 Å².